The standard InChI is InChI=1S/C16H15BrN2O4S2/c1-8-11(14(20)22-2)13(25-12(8)15(21)23-3)19-16(24)18-10-6-4-9(17)5-7-10/h4-7H,1-3H3,(H2,18,19,24). The molecule has 2 aromatic rings. The molecule has 0 saturated carbocycles. The first-order valence-corrected chi connectivity index (χ1v) is 9.02. The molecule has 9 heteroatoms. The van der Waals surface area contributed by atoms with E-state index in [1.807, 2.05) is 24.3 Å². The summed E-state index contributed by atoms with van der Waals surface area (Å²) < 4.78 is 10.5. The van der Waals surface area contributed by atoms with Crippen molar-refractivity contribution in [3.63, 3.8) is 0 Å². The Hall–Kier alpha value is -1.97. The summed E-state index contributed by atoms with van der Waals surface area (Å²) in [6, 6.07) is 7.43. The molecule has 0 aliphatic heterocycles. The predicted molar refractivity (Wildman–Crippen MR) is 106 cm³/mol. The van der Waals surface area contributed by atoms with Crippen molar-refractivity contribution in [2.24, 2.45) is 0 Å². The lowest BCUT2D eigenvalue weighted by atomic mass is 10.1. The average molecular weight is 443 g/mol. The van der Waals surface area contributed by atoms with Gasteiger partial charge in [0, 0.05) is 10.2 Å². The van der Waals surface area contributed by atoms with E-state index in [9.17, 15) is 9.59 Å². The van der Waals surface area contributed by atoms with E-state index >= 15 is 0 Å². The van der Waals surface area contributed by atoms with E-state index in [4.69, 9.17) is 21.7 Å². The lowest BCUT2D eigenvalue weighted by Gasteiger charge is -2.10. The fourth-order valence-corrected chi connectivity index (χ4v) is 3.70. The minimum atomic E-state index is -0.558. The molecule has 0 spiro atoms. The van der Waals surface area contributed by atoms with E-state index in [1.165, 1.54) is 14.2 Å². The van der Waals surface area contributed by atoms with Crippen LogP contribution in [0.3, 0.4) is 0 Å². The molecule has 1 heterocycles. The highest BCUT2D eigenvalue weighted by Gasteiger charge is 2.26. The molecule has 2 N–H and O–H groups in total. The van der Waals surface area contributed by atoms with Gasteiger partial charge >= 0.3 is 11.9 Å². The van der Waals surface area contributed by atoms with Crippen LogP contribution in [0.1, 0.15) is 25.6 Å². The molecule has 1 aromatic carbocycles. The number of thiophene rings is 1. The van der Waals surface area contributed by atoms with Gasteiger partial charge in [0.05, 0.1) is 19.8 Å². The second-order valence-electron chi connectivity index (χ2n) is 4.83. The molecule has 0 fully saturated rings. The first-order valence-electron chi connectivity index (χ1n) is 7.01. The van der Waals surface area contributed by atoms with Crippen molar-refractivity contribution in [2.45, 2.75) is 6.92 Å². The summed E-state index contributed by atoms with van der Waals surface area (Å²) in [5.74, 6) is -1.08. The van der Waals surface area contributed by atoms with Gasteiger partial charge in [-0.15, -0.1) is 11.3 Å². The molecule has 0 radical (unpaired) electrons. The van der Waals surface area contributed by atoms with Crippen LogP contribution in [-0.4, -0.2) is 31.3 Å². The van der Waals surface area contributed by atoms with E-state index in [1.54, 1.807) is 6.92 Å². The molecule has 0 saturated heterocycles. The van der Waals surface area contributed by atoms with Crippen LogP contribution in [0.15, 0.2) is 28.7 Å². The second kappa shape index (κ2) is 8.41. The number of methoxy groups -OCH3 is 2. The first kappa shape index (κ1) is 19.4. The van der Waals surface area contributed by atoms with E-state index in [0.717, 1.165) is 21.5 Å². The van der Waals surface area contributed by atoms with Crippen LogP contribution in [-0.2, 0) is 9.47 Å². The van der Waals surface area contributed by atoms with Gasteiger partial charge in [-0.05, 0) is 49.0 Å². The van der Waals surface area contributed by atoms with Crippen LogP contribution in [0.4, 0.5) is 10.7 Å². The minimum Gasteiger partial charge on any atom is -0.465 e. The number of anilines is 2. The largest absolute Gasteiger partial charge is 0.465 e. The van der Waals surface area contributed by atoms with Crippen LogP contribution < -0.4 is 10.6 Å². The third-order valence-electron chi connectivity index (χ3n) is 3.24. The van der Waals surface area contributed by atoms with Crippen molar-refractivity contribution in [3.8, 4) is 0 Å². The Balaban J connectivity index is 2.27. The number of rotatable bonds is 4. The first-order chi connectivity index (χ1) is 11.9. The molecule has 1 aromatic heterocycles. The number of nitrogens with one attached hydrogen (secondary N) is 2. The molecule has 6 nitrogen and oxygen atoms in total. The van der Waals surface area contributed by atoms with Gasteiger partial charge in [0.1, 0.15) is 9.88 Å². The lowest BCUT2D eigenvalue weighted by Crippen LogP contribution is -2.20. The number of carbonyl (C=O) groups is 2. The zero-order valence-corrected chi connectivity index (χ0v) is 16.9. The van der Waals surface area contributed by atoms with Crippen LogP contribution in [0.5, 0.6) is 0 Å². The van der Waals surface area contributed by atoms with Crippen molar-refractivity contribution in [1.82, 2.24) is 0 Å². The zero-order valence-electron chi connectivity index (χ0n) is 13.6. The molecule has 0 aliphatic carbocycles. The Kier molecular flexibility index (Phi) is 6.51. The normalized spacial score (nSPS) is 10.1. The number of halogens is 1. The van der Waals surface area contributed by atoms with Gasteiger partial charge in [0.25, 0.3) is 0 Å². The summed E-state index contributed by atoms with van der Waals surface area (Å²) in [4.78, 5) is 24.3. The van der Waals surface area contributed by atoms with Gasteiger partial charge in [0.2, 0.25) is 0 Å². The summed E-state index contributed by atoms with van der Waals surface area (Å²) in [6.45, 7) is 1.66. The van der Waals surface area contributed by atoms with Gasteiger partial charge in [-0.25, -0.2) is 9.59 Å². The fraction of sp³-hybridized carbons (Fsp3) is 0.188. The summed E-state index contributed by atoms with van der Waals surface area (Å²) in [7, 11) is 2.56. The average Bonchev–Trinajstić information content (AvgIpc) is 2.91. The number of esters is 2. The van der Waals surface area contributed by atoms with Gasteiger partial charge in [-0.1, -0.05) is 15.9 Å². The molecule has 25 heavy (non-hydrogen) atoms. The molecule has 0 unspecified atom stereocenters. The molecule has 2 rings (SSSR count). The molecule has 132 valence electrons. The number of hydrogen-bond acceptors (Lipinski definition) is 6. The maximum atomic E-state index is 12.1. The highest BCUT2D eigenvalue weighted by molar-refractivity contribution is 9.10. The third kappa shape index (κ3) is 4.56. The highest BCUT2D eigenvalue weighted by Crippen LogP contribution is 2.34. The summed E-state index contributed by atoms with van der Waals surface area (Å²) >= 11 is 9.73. The minimum absolute atomic E-state index is 0.257. The van der Waals surface area contributed by atoms with E-state index < -0.39 is 11.9 Å². The maximum Gasteiger partial charge on any atom is 0.348 e. The second-order valence-corrected chi connectivity index (χ2v) is 7.17. The Bertz CT molecular complexity index is 818. The number of thiocarbonyl (C=S) groups is 1. The summed E-state index contributed by atoms with van der Waals surface area (Å²) in [5.41, 5.74) is 1.52. The topological polar surface area (TPSA) is 76.7 Å². The smallest absolute Gasteiger partial charge is 0.348 e. The van der Waals surface area contributed by atoms with Crippen LogP contribution >= 0.6 is 39.5 Å². The van der Waals surface area contributed by atoms with Crippen molar-refractivity contribution >= 4 is 67.2 Å². The summed E-state index contributed by atoms with van der Waals surface area (Å²) in [5, 5.41) is 6.66. The van der Waals surface area contributed by atoms with Gasteiger partial charge in [0.15, 0.2) is 5.11 Å². The monoisotopic (exact) mass is 442 g/mol. The number of ether oxygens (including phenoxy) is 2. The maximum absolute atomic E-state index is 12.1. The molecular weight excluding hydrogens is 428 g/mol. The highest BCUT2D eigenvalue weighted by atomic mass is 79.9. The Morgan fingerprint density at radius 2 is 1.68 bits per heavy atom. The summed E-state index contributed by atoms with van der Waals surface area (Å²) in [6.07, 6.45) is 0. The number of benzene rings is 1. The van der Waals surface area contributed by atoms with Crippen LogP contribution in [0.2, 0.25) is 0 Å². The Morgan fingerprint density at radius 3 is 2.24 bits per heavy atom. The van der Waals surface area contributed by atoms with Crippen LogP contribution in [0, 0.1) is 6.92 Å². The van der Waals surface area contributed by atoms with Crippen molar-refractivity contribution in [2.75, 3.05) is 24.9 Å². The quantitative estimate of drug-likeness (QED) is 0.542. The van der Waals surface area contributed by atoms with Crippen LogP contribution in [0.25, 0.3) is 0 Å². The van der Waals surface area contributed by atoms with E-state index in [0.29, 0.717) is 15.4 Å². The van der Waals surface area contributed by atoms with Gasteiger partial charge in [-0.3, -0.25) is 0 Å². The fourth-order valence-electron chi connectivity index (χ4n) is 2.04. The number of hydrogen-bond donors (Lipinski definition) is 2. The van der Waals surface area contributed by atoms with Crippen molar-refractivity contribution in [1.29, 1.82) is 0 Å². The molecule has 0 amide bonds. The molecule has 0 atom stereocenters. The molecular formula is C16H15BrN2O4S2. The lowest BCUT2D eigenvalue weighted by molar-refractivity contribution is 0.0601. The Morgan fingerprint density at radius 1 is 1.08 bits per heavy atom. The SMILES string of the molecule is COC(=O)c1sc(NC(=S)Nc2ccc(Br)cc2)c(C(=O)OC)c1C. The Labute approximate surface area is 162 Å². The third-order valence-corrected chi connectivity index (χ3v) is 5.16. The van der Waals surface area contributed by atoms with E-state index in [2.05, 4.69) is 26.6 Å². The van der Waals surface area contributed by atoms with Crippen molar-refractivity contribution < 1.29 is 19.1 Å². The van der Waals surface area contributed by atoms with E-state index in [-0.39, 0.29) is 10.7 Å². The molecule has 0 bridgehead atoms. The molecule has 0 aliphatic rings. The van der Waals surface area contributed by atoms with Gasteiger partial charge < -0.3 is 20.1 Å². The predicted octanol–water partition coefficient (Wildman–Crippen LogP) is 4.20. The zero-order chi connectivity index (χ0) is 18.6. The van der Waals surface area contributed by atoms with Crippen molar-refractivity contribution in [3.05, 3.63) is 44.7 Å². The number of carbonyl (C=O) groups excluding carboxylic acids is 2. The van der Waals surface area contributed by atoms with Gasteiger partial charge in [-0.2, -0.15) is 0 Å².